The lowest BCUT2D eigenvalue weighted by atomic mass is 10.2. The SMILES string of the molecule is COCc1ccc([S@](=O)Cc2ccc(OC)c(SC(F)(F)F)c2)cc1. The number of thioether (sulfide) groups is 1. The highest BCUT2D eigenvalue weighted by molar-refractivity contribution is 8.00. The van der Waals surface area contributed by atoms with Crippen LogP contribution in [0.25, 0.3) is 0 Å². The maximum Gasteiger partial charge on any atom is 0.446 e. The molecule has 2 aromatic carbocycles. The summed E-state index contributed by atoms with van der Waals surface area (Å²) in [7, 11) is 1.55. The van der Waals surface area contributed by atoms with Crippen LogP contribution in [0.4, 0.5) is 13.2 Å². The smallest absolute Gasteiger partial charge is 0.446 e. The highest BCUT2D eigenvalue weighted by Gasteiger charge is 2.31. The number of hydrogen-bond acceptors (Lipinski definition) is 4. The number of rotatable bonds is 7. The Hall–Kier alpha value is -1.51. The van der Waals surface area contributed by atoms with E-state index in [1.807, 2.05) is 12.1 Å². The molecule has 0 spiro atoms. The first-order valence-electron chi connectivity index (χ1n) is 7.21. The van der Waals surface area contributed by atoms with Gasteiger partial charge in [0.15, 0.2) is 0 Å². The fourth-order valence-corrected chi connectivity index (χ4v) is 3.95. The van der Waals surface area contributed by atoms with Crippen molar-refractivity contribution in [1.82, 2.24) is 0 Å². The first-order chi connectivity index (χ1) is 11.8. The quantitative estimate of drug-likeness (QED) is 0.639. The highest BCUT2D eigenvalue weighted by atomic mass is 32.2. The molecular formula is C17H17F3O3S2. The number of ether oxygens (including phenoxy) is 2. The highest BCUT2D eigenvalue weighted by Crippen LogP contribution is 2.41. The Morgan fingerprint density at radius 3 is 2.24 bits per heavy atom. The van der Waals surface area contributed by atoms with Crippen LogP contribution in [0.5, 0.6) is 5.75 Å². The van der Waals surface area contributed by atoms with E-state index < -0.39 is 16.3 Å². The maximum atomic E-state index is 12.7. The number of halogens is 3. The van der Waals surface area contributed by atoms with Crippen molar-refractivity contribution in [2.75, 3.05) is 14.2 Å². The Bertz CT molecular complexity index is 731. The van der Waals surface area contributed by atoms with Crippen LogP contribution in [0.1, 0.15) is 11.1 Å². The van der Waals surface area contributed by atoms with E-state index in [0.717, 1.165) is 5.56 Å². The molecule has 0 aliphatic carbocycles. The Morgan fingerprint density at radius 2 is 1.68 bits per heavy atom. The molecule has 0 unspecified atom stereocenters. The standard InChI is InChI=1S/C17H17F3O3S2/c1-22-10-12-3-6-14(7-4-12)25(21)11-13-5-8-15(23-2)16(9-13)24-17(18,19)20/h3-9H,10-11H2,1-2H3/t25-/m1/s1. The van der Waals surface area contributed by atoms with Crippen LogP contribution in [0, 0.1) is 0 Å². The van der Waals surface area contributed by atoms with Gasteiger partial charge in [-0.05, 0) is 47.2 Å². The van der Waals surface area contributed by atoms with Gasteiger partial charge >= 0.3 is 5.51 Å². The molecule has 0 radical (unpaired) electrons. The predicted molar refractivity (Wildman–Crippen MR) is 92.2 cm³/mol. The number of methoxy groups -OCH3 is 2. The molecule has 25 heavy (non-hydrogen) atoms. The Balaban J connectivity index is 2.15. The van der Waals surface area contributed by atoms with Crippen LogP contribution in [0.2, 0.25) is 0 Å². The van der Waals surface area contributed by atoms with E-state index in [1.54, 1.807) is 25.3 Å². The van der Waals surface area contributed by atoms with Crippen LogP contribution in [-0.4, -0.2) is 23.9 Å². The second-order valence-electron chi connectivity index (χ2n) is 5.10. The van der Waals surface area contributed by atoms with Crippen molar-refractivity contribution in [2.45, 2.75) is 27.7 Å². The topological polar surface area (TPSA) is 35.5 Å². The van der Waals surface area contributed by atoms with Gasteiger partial charge in [-0.15, -0.1) is 0 Å². The molecule has 3 nitrogen and oxygen atoms in total. The Kier molecular flexibility index (Phi) is 6.92. The summed E-state index contributed by atoms with van der Waals surface area (Å²) < 4.78 is 60.4. The number of benzene rings is 2. The van der Waals surface area contributed by atoms with Gasteiger partial charge in [0.25, 0.3) is 0 Å². The van der Waals surface area contributed by atoms with Gasteiger partial charge in [-0.1, -0.05) is 18.2 Å². The fraction of sp³-hybridized carbons (Fsp3) is 0.294. The van der Waals surface area contributed by atoms with E-state index >= 15 is 0 Å². The van der Waals surface area contributed by atoms with Gasteiger partial charge in [-0.2, -0.15) is 13.2 Å². The van der Waals surface area contributed by atoms with Gasteiger partial charge < -0.3 is 9.47 Å². The summed E-state index contributed by atoms with van der Waals surface area (Å²) in [4.78, 5) is 0.570. The van der Waals surface area contributed by atoms with Crippen LogP contribution in [0.3, 0.4) is 0 Å². The van der Waals surface area contributed by atoms with Crippen molar-refractivity contribution in [2.24, 2.45) is 0 Å². The average Bonchev–Trinajstić information content (AvgIpc) is 2.54. The molecule has 0 amide bonds. The molecule has 8 heteroatoms. The third-order valence-corrected chi connectivity index (χ3v) is 5.41. The third-order valence-electron chi connectivity index (χ3n) is 3.25. The normalized spacial score (nSPS) is 12.8. The first kappa shape index (κ1) is 19.8. The summed E-state index contributed by atoms with van der Waals surface area (Å²) in [5.41, 5.74) is -2.91. The third kappa shape index (κ3) is 6.05. The second kappa shape index (κ2) is 8.73. The summed E-state index contributed by atoms with van der Waals surface area (Å²) in [6.07, 6.45) is 0. The van der Waals surface area contributed by atoms with Crippen molar-refractivity contribution < 1.29 is 26.9 Å². The monoisotopic (exact) mass is 390 g/mol. The minimum atomic E-state index is -4.41. The molecule has 0 fully saturated rings. The summed E-state index contributed by atoms with van der Waals surface area (Å²) >= 11 is -0.241. The van der Waals surface area contributed by atoms with Crippen LogP contribution < -0.4 is 4.74 Å². The number of alkyl halides is 3. The van der Waals surface area contributed by atoms with Gasteiger partial charge in [0, 0.05) is 12.0 Å². The van der Waals surface area contributed by atoms with Crippen molar-refractivity contribution in [3.05, 3.63) is 53.6 Å². The van der Waals surface area contributed by atoms with Crippen molar-refractivity contribution >= 4 is 22.6 Å². The zero-order valence-corrected chi connectivity index (χ0v) is 15.3. The molecule has 0 bridgehead atoms. The first-order valence-corrected chi connectivity index (χ1v) is 9.35. The van der Waals surface area contributed by atoms with E-state index in [0.29, 0.717) is 17.1 Å². The second-order valence-corrected chi connectivity index (χ2v) is 7.66. The van der Waals surface area contributed by atoms with Crippen LogP contribution in [-0.2, 0) is 27.9 Å². The minimum absolute atomic E-state index is 0.0417. The lowest BCUT2D eigenvalue weighted by Crippen LogP contribution is -2.02. The van der Waals surface area contributed by atoms with Gasteiger partial charge in [-0.25, -0.2) is 0 Å². The molecule has 0 aromatic heterocycles. The van der Waals surface area contributed by atoms with Crippen molar-refractivity contribution in [1.29, 1.82) is 0 Å². The molecule has 1 atom stereocenters. The van der Waals surface area contributed by atoms with E-state index in [2.05, 4.69) is 0 Å². The Labute approximate surface area is 151 Å². The summed E-state index contributed by atoms with van der Waals surface area (Å²) in [6, 6.07) is 11.6. The lowest BCUT2D eigenvalue weighted by Gasteiger charge is -2.12. The van der Waals surface area contributed by atoms with Gasteiger partial charge in [0.05, 0.1) is 35.2 Å². The average molecular weight is 390 g/mol. The predicted octanol–water partition coefficient (Wildman–Crippen LogP) is 4.76. The largest absolute Gasteiger partial charge is 0.496 e. The molecule has 2 aromatic rings. The van der Waals surface area contributed by atoms with Crippen LogP contribution in [0.15, 0.2) is 52.3 Å². The zero-order chi connectivity index (χ0) is 18.4. The summed E-state index contributed by atoms with van der Waals surface area (Å²) in [6.45, 7) is 0.462. The molecule has 0 aliphatic heterocycles. The van der Waals surface area contributed by atoms with E-state index in [4.69, 9.17) is 9.47 Å². The van der Waals surface area contributed by atoms with Gasteiger partial charge in [0.2, 0.25) is 0 Å². The molecule has 0 heterocycles. The van der Waals surface area contributed by atoms with Gasteiger partial charge in [-0.3, -0.25) is 4.21 Å². The summed E-state index contributed by atoms with van der Waals surface area (Å²) in [5.74, 6) is 0.264. The zero-order valence-electron chi connectivity index (χ0n) is 13.6. The molecule has 2 rings (SSSR count). The van der Waals surface area contributed by atoms with Crippen molar-refractivity contribution in [3.8, 4) is 5.75 Å². The van der Waals surface area contributed by atoms with Crippen molar-refractivity contribution in [3.63, 3.8) is 0 Å². The lowest BCUT2D eigenvalue weighted by molar-refractivity contribution is -0.0328. The molecule has 0 aliphatic rings. The molecule has 136 valence electrons. The fourth-order valence-electron chi connectivity index (χ4n) is 2.15. The molecule has 0 saturated carbocycles. The molecular weight excluding hydrogens is 373 g/mol. The molecule has 0 N–H and O–H groups in total. The van der Waals surface area contributed by atoms with E-state index in [1.165, 1.54) is 19.2 Å². The van der Waals surface area contributed by atoms with Crippen LogP contribution >= 0.6 is 11.8 Å². The number of hydrogen-bond donors (Lipinski definition) is 0. The van der Waals surface area contributed by atoms with E-state index in [-0.39, 0.29) is 28.2 Å². The van der Waals surface area contributed by atoms with Gasteiger partial charge in [0.1, 0.15) is 5.75 Å². The minimum Gasteiger partial charge on any atom is -0.496 e. The van der Waals surface area contributed by atoms with E-state index in [9.17, 15) is 17.4 Å². The maximum absolute atomic E-state index is 12.7. The summed E-state index contributed by atoms with van der Waals surface area (Å²) in [5, 5.41) is 0. The molecule has 0 saturated heterocycles. The Morgan fingerprint density at radius 1 is 1.04 bits per heavy atom.